The van der Waals surface area contributed by atoms with E-state index in [1.165, 1.54) is 16.7 Å². The van der Waals surface area contributed by atoms with Crippen molar-refractivity contribution >= 4 is 27.9 Å². The lowest BCUT2D eigenvalue weighted by molar-refractivity contribution is -0.132. The van der Waals surface area contributed by atoms with Crippen LogP contribution in [0.4, 0.5) is 4.39 Å². The summed E-state index contributed by atoms with van der Waals surface area (Å²) >= 11 is 0. The zero-order chi connectivity index (χ0) is 26.7. The van der Waals surface area contributed by atoms with Crippen LogP contribution in [0.2, 0.25) is 0 Å². The van der Waals surface area contributed by atoms with Crippen LogP contribution >= 0.6 is 0 Å². The lowest BCUT2D eigenvalue weighted by Gasteiger charge is -2.28. The molecule has 1 atom stereocenters. The Morgan fingerprint density at radius 3 is 2.62 bits per heavy atom. The number of nitrogens with zero attached hydrogens (tertiary/aromatic N) is 3. The van der Waals surface area contributed by atoms with Crippen LogP contribution in [0.3, 0.4) is 0 Å². The molecule has 2 aromatic rings. The summed E-state index contributed by atoms with van der Waals surface area (Å²) in [5.41, 5.74) is 0.175. The monoisotopic (exact) mass is 531 g/mol. The van der Waals surface area contributed by atoms with E-state index in [2.05, 4.69) is 4.98 Å². The van der Waals surface area contributed by atoms with Crippen molar-refractivity contribution in [2.75, 3.05) is 13.3 Å². The van der Waals surface area contributed by atoms with Crippen LogP contribution in [0.1, 0.15) is 78.4 Å². The number of halogens is 1. The molecule has 0 N–H and O–H groups in total. The fourth-order valence-electron chi connectivity index (χ4n) is 4.79. The Bertz CT molecular complexity index is 1420. The average Bonchev–Trinajstić information content (AvgIpc) is 3.05. The molecule has 1 aromatic heterocycles. The Morgan fingerprint density at radius 1 is 1.08 bits per heavy atom. The normalized spacial score (nSPS) is 20.2. The Morgan fingerprint density at radius 2 is 1.86 bits per heavy atom. The van der Waals surface area contributed by atoms with Gasteiger partial charge >= 0.3 is 10.1 Å². The predicted octanol–water partition coefficient (Wildman–Crippen LogP) is 3.42. The molecule has 11 heteroatoms. The van der Waals surface area contributed by atoms with Crippen LogP contribution in [0.15, 0.2) is 29.1 Å². The van der Waals surface area contributed by atoms with Gasteiger partial charge in [0.25, 0.3) is 5.56 Å². The number of Topliss-reactive ketones (excluding diaryl/α,β-unsaturated/α-hetero) is 1. The van der Waals surface area contributed by atoms with Gasteiger partial charge in [-0.15, -0.1) is 0 Å². The van der Waals surface area contributed by atoms with Gasteiger partial charge in [0, 0.05) is 26.4 Å². The summed E-state index contributed by atoms with van der Waals surface area (Å²) in [6, 6.07) is 3.72. The molecule has 3 heterocycles. The molecule has 2 bridgehead atoms. The summed E-state index contributed by atoms with van der Waals surface area (Å²) in [6.45, 7) is 0.262. The standard InChI is InChI=1S/C26H30FN3O6S/c1-29-20-9-6-7-15-30-25(20)28-23(24(26(30)33)36-37(2,34)35)21(31)14-12-17-11-13-19(27)16-18(17)8-4-3-5-10-22(29)32/h4,8,11,13,16,20H,3,5-7,9-10,12,14-15H2,1-2H3/b8-4+. The molecule has 9 nitrogen and oxygen atoms in total. The number of aryl methyl sites for hydroxylation is 1. The van der Waals surface area contributed by atoms with E-state index in [1.54, 1.807) is 24.1 Å². The summed E-state index contributed by atoms with van der Waals surface area (Å²) in [5, 5.41) is 0. The number of fused-ring (bicyclic) bond motifs is 2. The largest absolute Gasteiger partial charge is 0.374 e. The van der Waals surface area contributed by atoms with Gasteiger partial charge in [0.2, 0.25) is 11.7 Å². The number of hydrogen-bond donors (Lipinski definition) is 0. The Kier molecular flexibility index (Phi) is 7.91. The number of amides is 1. The third kappa shape index (κ3) is 6.15. The molecule has 1 amide bonds. The van der Waals surface area contributed by atoms with Crippen LogP contribution in [-0.2, 0) is 27.9 Å². The van der Waals surface area contributed by atoms with E-state index in [0.29, 0.717) is 43.2 Å². The summed E-state index contributed by atoms with van der Waals surface area (Å²) in [5.74, 6) is -1.52. The first-order chi connectivity index (χ1) is 17.5. The third-order valence-electron chi connectivity index (χ3n) is 6.71. The van der Waals surface area contributed by atoms with Gasteiger partial charge in [0.15, 0.2) is 11.5 Å². The van der Waals surface area contributed by atoms with Crippen molar-refractivity contribution in [2.45, 2.75) is 64.0 Å². The number of aromatic nitrogens is 2. The van der Waals surface area contributed by atoms with E-state index in [4.69, 9.17) is 4.18 Å². The number of ketones is 1. The quantitative estimate of drug-likeness (QED) is 0.545. The number of benzene rings is 1. The Labute approximate surface area is 215 Å². The second-order valence-corrected chi connectivity index (χ2v) is 11.0. The highest BCUT2D eigenvalue weighted by Gasteiger charge is 2.32. The first-order valence-electron chi connectivity index (χ1n) is 12.3. The minimum absolute atomic E-state index is 0.109. The van der Waals surface area contributed by atoms with Gasteiger partial charge in [-0.25, -0.2) is 9.37 Å². The minimum Gasteiger partial charge on any atom is -0.374 e. The third-order valence-corrected chi connectivity index (χ3v) is 7.18. The zero-order valence-corrected chi connectivity index (χ0v) is 21.7. The van der Waals surface area contributed by atoms with Gasteiger partial charge in [-0.2, -0.15) is 8.42 Å². The maximum Gasteiger partial charge on any atom is 0.306 e. The van der Waals surface area contributed by atoms with E-state index < -0.39 is 39.1 Å². The molecule has 1 aromatic carbocycles. The molecule has 37 heavy (non-hydrogen) atoms. The predicted molar refractivity (Wildman–Crippen MR) is 135 cm³/mol. The summed E-state index contributed by atoms with van der Waals surface area (Å²) in [7, 11) is -2.49. The van der Waals surface area contributed by atoms with Crippen LogP contribution < -0.4 is 9.74 Å². The Balaban J connectivity index is 1.87. The van der Waals surface area contributed by atoms with Crippen LogP contribution in [-0.4, -0.2) is 47.9 Å². The van der Waals surface area contributed by atoms with Crippen molar-refractivity contribution in [3.8, 4) is 5.75 Å². The molecule has 198 valence electrons. The molecule has 2 aliphatic rings. The Hall–Kier alpha value is -3.34. The van der Waals surface area contributed by atoms with Gasteiger partial charge in [0.1, 0.15) is 11.6 Å². The molecule has 0 saturated heterocycles. The number of rotatable bonds is 2. The summed E-state index contributed by atoms with van der Waals surface area (Å²) in [4.78, 5) is 46.0. The maximum absolute atomic E-state index is 13.9. The SMILES string of the molecule is CN1C(=O)CCC/C=C/c2cc(F)ccc2CCC(=O)c2nc3n(c(=O)c2OS(C)(=O)=O)CCCCC31. The van der Waals surface area contributed by atoms with Gasteiger partial charge < -0.3 is 9.08 Å². The highest BCUT2D eigenvalue weighted by atomic mass is 32.2. The van der Waals surface area contributed by atoms with Gasteiger partial charge in [-0.1, -0.05) is 18.2 Å². The van der Waals surface area contributed by atoms with Gasteiger partial charge in [0.05, 0.1) is 12.3 Å². The molecule has 0 saturated carbocycles. The molecule has 0 aliphatic carbocycles. The molecular formula is C26H30FN3O6S. The lowest BCUT2D eigenvalue weighted by Crippen LogP contribution is -2.37. The smallest absolute Gasteiger partial charge is 0.306 e. The zero-order valence-electron chi connectivity index (χ0n) is 20.9. The summed E-state index contributed by atoms with van der Waals surface area (Å²) in [6.07, 6.45) is 7.90. The van der Waals surface area contributed by atoms with E-state index in [0.717, 1.165) is 6.26 Å². The molecule has 1 unspecified atom stereocenters. The van der Waals surface area contributed by atoms with E-state index >= 15 is 0 Å². The maximum atomic E-state index is 13.9. The number of allylic oxidation sites excluding steroid dienone is 1. The topological polar surface area (TPSA) is 116 Å². The van der Waals surface area contributed by atoms with Gasteiger partial charge in [-0.3, -0.25) is 19.0 Å². The van der Waals surface area contributed by atoms with Crippen molar-refractivity contribution in [3.05, 3.63) is 63.1 Å². The lowest BCUT2D eigenvalue weighted by atomic mass is 9.99. The van der Waals surface area contributed by atoms with Crippen molar-refractivity contribution in [3.63, 3.8) is 0 Å². The molecule has 4 rings (SSSR count). The summed E-state index contributed by atoms with van der Waals surface area (Å²) < 4.78 is 44.2. The van der Waals surface area contributed by atoms with Crippen molar-refractivity contribution in [2.24, 2.45) is 0 Å². The second-order valence-electron chi connectivity index (χ2n) is 9.47. The molecular weight excluding hydrogens is 501 g/mol. The molecule has 0 radical (unpaired) electrons. The van der Waals surface area contributed by atoms with E-state index in [1.807, 2.05) is 6.08 Å². The van der Waals surface area contributed by atoms with Crippen molar-refractivity contribution < 1.29 is 26.6 Å². The fraction of sp³-hybridized carbons (Fsp3) is 0.462. The van der Waals surface area contributed by atoms with Crippen LogP contribution in [0.25, 0.3) is 6.08 Å². The number of carbonyl (C=O) groups is 2. The molecule has 2 aliphatic heterocycles. The van der Waals surface area contributed by atoms with E-state index in [9.17, 15) is 27.2 Å². The average molecular weight is 532 g/mol. The van der Waals surface area contributed by atoms with Gasteiger partial charge in [-0.05, 0) is 61.8 Å². The van der Waals surface area contributed by atoms with Crippen molar-refractivity contribution in [1.82, 2.24) is 14.5 Å². The highest BCUT2D eigenvalue weighted by Crippen LogP contribution is 2.30. The van der Waals surface area contributed by atoms with Crippen molar-refractivity contribution in [1.29, 1.82) is 0 Å². The first kappa shape index (κ1) is 26.7. The number of hydrogen-bond acceptors (Lipinski definition) is 7. The molecule has 0 fully saturated rings. The minimum atomic E-state index is -4.14. The number of carbonyl (C=O) groups excluding carboxylic acids is 2. The van der Waals surface area contributed by atoms with E-state index in [-0.39, 0.29) is 43.2 Å². The van der Waals surface area contributed by atoms with Crippen LogP contribution in [0, 0.1) is 5.82 Å². The highest BCUT2D eigenvalue weighted by molar-refractivity contribution is 7.86. The van der Waals surface area contributed by atoms with Crippen LogP contribution in [0.5, 0.6) is 5.75 Å². The fourth-order valence-corrected chi connectivity index (χ4v) is 5.24. The second kappa shape index (κ2) is 11.0. The molecule has 0 spiro atoms. The first-order valence-corrected chi connectivity index (χ1v) is 14.1.